The van der Waals surface area contributed by atoms with Gasteiger partial charge in [-0.05, 0) is 31.1 Å². The number of piperidine rings is 2. The molecular formula is C12H26ClN3O2S. The van der Waals surface area contributed by atoms with Gasteiger partial charge in [-0.15, -0.1) is 12.4 Å². The first-order valence-electron chi connectivity index (χ1n) is 6.92. The Morgan fingerprint density at radius 1 is 1.00 bits per heavy atom. The summed E-state index contributed by atoms with van der Waals surface area (Å²) in [5.74, 6) is 0.891. The van der Waals surface area contributed by atoms with E-state index in [0.717, 1.165) is 19.3 Å². The molecular weight excluding hydrogens is 286 g/mol. The Morgan fingerprint density at radius 3 is 2.05 bits per heavy atom. The van der Waals surface area contributed by atoms with Crippen LogP contribution in [0, 0.1) is 11.8 Å². The van der Waals surface area contributed by atoms with Crippen molar-refractivity contribution < 1.29 is 8.42 Å². The smallest absolute Gasteiger partial charge is 0.281 e. The molecule has 114 valence electrons. The van der Waals surface area contributed by atoms with Gasteiger partial charge in [0.05, 0.1) is 0 Å². The molecule has 2 atom stereocenters. The molecule has 19 heavy (non-hydrogen) atoms. The molecule has 0 spiro atoms. The van der Waals surface area contributed by atoms with Crippen LogP contribution in [0.4, 0.5) is 0 Å². The Labute approximate surface area is 123 Å². The summed E-state index contributed by atoms with van der Waals surface area (Å²) in [6.45, 7) is 6.69. The van der Waals surface area contributed by atoms with E-state index < -0.39 is 10.2 Å². The highest BCUT2D eigenvalue weighted by Crippen LogP contribution is 2.24. The first-order chi connectivity index (χ1) is 8.41. The zero-order valence-electron chi connectivity index (χ0n) is 11.8. The van der Waals surface area contributed by atoms with Crippen LogP contribution in [0.1, 0.15) is 33.1 Å². The number of nitrogens with zero attached hydrogens (tertiary/aromatic N) is 2. The van der Waals surface area contributed by atoms with Gasteiger partial charge in [0.15, 0.2) is 0 Å². The summed E-state index contributed by atoms with van der Waals surface area (Å²) in [6, 6.07) is 0.137. The van der Waals surface area contributed by atoms with E-state index in [1.54, 1.807) is 8.61 Å². The summed E-state index contributed by atoms with van der Waals surface area (Å²) < 4.78 is 28.3. The van der Waals surface area contributed by atoms with E-state index in [4.69, 9.17) is 5.73 Å². The van der Waals surface area contributed by atoms with Crippen molar-refractivity contribution in [3.63, 3.8) is 0 Å². The Hall–Kier alpha value is 0.120. The molecule has 7 heteroatoms. The van der Waals surface area contributed by atoms with Crippen molar-refractivity contribution >= 4 is 22.6 Å². The van der Waals surface area contributed by atoms with Crippen molar-refractivity contribution in [2.45, 2.75) is 39.2 Å². The van der Waals surface area contributed by atoms with Crippen LogP contribution in [-0.4, -0.2) is 49.2 Å². The summed E-state index contributed by atoms with van der Waals surface area (Å²) >= 11 is 0. The molecule has 0 bridgehead atoms. The molecule has 0 aromatic rings. The van der Waals surface area contributed by atoms with Crippen molar-refractivity contribution in [2.24, 2.45) is 17.6 Å². The van der Waals surface area contributed by atoms with E-state index in [1.165, 1.54) is 0 Å². The molecule has 2 saturated heterocycles. The van der Waals surface area contributed by atoms with Crippen LogP contribution in [-0.2, 0) is 10.2 Å². The number of nitrogens with two attached hydrogens (primary N) is 1. The van der Waals surface area contributed by atoms with Gasteiger partial charge in [-0.2, -0.15) is 17.0 Å². The van der Waals surface area contributed by atoms with Crippen molar-refractivity contribution in [3.8, 4) is 0 Å². The molecule has 0 radical (unpaired) electrons. The highest BCUT2D eigenvalue weighted by Gasteiger charge is 2.36. The second-order valence-electron chi connectivity index (χ2n) is 5.88. The van der Waals surface area contributed by atoms with E-state index in [2.05, 4.69) is 6.92 Å². The number of hydrogen-bond donors (Lipinski definition) is 1. The maximum atomic E-state index is 12.5. The fourth-order valence-corrected chi connectivity index (χ4v) is 4.47. The minimum atomic E-state index is -3.25. The predicted molar refractivity (Wildman–Crippen MR) is 79.5 cm³/mol. The normalized spacial score (nSPS) is 31.9. The van der Waals surface area contributed by atoms with Crippen molar-refractivity contribution in [2.75, 3.05) is 26.2 Å². The van der Waals surface area contributed by atoms with Crippen molar-refractivity contribution in [1.82, 2.24) is 8.61 Å². The quantitative estimate of drug-likeness (QED) is 0.829. The summed E-state index contributed by atoms with van der Waals surface area (Å²) in [5, 5.41) is 0. The van der Waals surface area contributed by atoms with E-state index in [9.17, 15) is 8.42 Å². The maximum Gasteiger partial charge on any atom is 0.281 e. The topological polar surface area (TPSA) is 66.6 Å². The van der Waals surface area contributed by atoms with Gasteiger partial charge in [0.1, 0.15) is 0 Å². The third-order valence-corrected chi connectivity index (χ3v) is 6.33. The van der Waals surface area contributed by atoms with Gasteiger partial charge in [0.25, 0.3) is 10.2 Å². The lowest BCUT2D eigenvalue weighted by molar-refractivity contribution is 0.217. The molecule has 0 saturated carbocycles. The largest absolute Gasteiger partial charge is 0.327 e. The van der Waals surface area contributed by atoms with Gasteiger partial charge >= 0.3 is 0 Å². The summed E-state index contributed by atoms with van der Waals surface area (Å²) in [4.78, 5) is 0. The van der Waals surface area contributed by atoms with Crippen LogP contribution in [0.25, 0.3) is 0 Å². The third-order valence-electron chi connectivity index (χ3n) is 4.33. The second kappa shape index (κ2) is 6.72. The lowest BCUT2D eigenvalue weighted by Crippen LogP contribution is -2.53. The Morgan fingerprint density at radius 2 is 1.53 bits per heavy atom. The van der Waals surface area contributed by atoms with Crippen LogP contribution in [0.2, 0.25) is 0 Å². The number of rotatable bonds is 2. The molecule has 2 heterocycles. The second-order valence-corrected chi connectivity index (χ2v) is 7.81. The highest BCUT2D eigenvalue weighted by atomic mass is 35.5. The number of halogens is 1. The lowest BCUT2D eigenvalue weighted by atomic mass is 9.96. The van der Waals surface area contributed by atoms with E-state index in [1.807, 2.05) is 6.92 Å². The fraction of sp³-hybridized carbons (Fsp3) is 1.00. The molecule has 2 unspecified atom stereocenters. The predicted octanol–water partition coefficient (Wildman–Crippen LogP) is 1.05. The van der Waals surface area contributed by atoms with Crippen molar-refractivity contribution in [3.05, 3.63) is 0 Å². The molecule has 2 rings (SSSR count). The summed E-state index contributed by atoms with van der Waals surface area (Å²) in [7, 11) is -3.25. The summed E-state index contributed by atoms with van der Waals surface area (Å²) in [6.07, 6.45) is 2.72. The van der Waals surface area contributed by atoms with Crippen LogP contribution in [0.5, 0.6) is 0 Å². The molecule has 2 fully saturated rings. The minimum Gasteiger partial charge on any atom is -0.327 e. The summed E-state index contributed by atoms with van der Waals surface area (Å²) in [5.41, 5.74) is 5.95. The molecule has 2 aliphatic rings. The van der Waals surface area contributed by atoms with Gasteiger partial charge in [0.2, 0.25) is 0 Å². The Kier molecular flexibility index (Phi) is 6.07. The van der Waals surface area contributed by atoms with Gasteiger partial charge in [-0.3, -0.25) is 0 Å². The van der Waals surface area contributed by atoms with E-state index in [0.29, 0.717) is 32.1 Å². The highest BCUT2D eigenvalue weighted by molar-refractivity contribution is 7.86. The maximum absolute atomic E-state index is 12.5. The van der Waals surface area contributed by atoms with E-state index in [-0.39, 0.29) is 24.4 Å². The third kappa shape index (κ3) is 3.82. The van der Waals surface area contributed by atoms with Crippen LogP contribution in [0.3, 0.4) is 0 Å². The zero-order chi connectivity index (χ0) is 13.3. The van der Waals surface area contributed by atoms with Gasteiger partial charge in [0, 0.05) is 32.2 Å². The monoisotopic (exact) mass is 311 g/mol. The Balaban J connectivity index is 0.00000180. The fourth-order valence-electron chi connectivity index (χ4n) is 2.71. The standard InChI is InChI=1S/C12H25N3O2S.ClH/c1-10-3-6-14(7-4-10)18(16,17)15-8-5-12(13)11(2)9-15;/h10-12H,3-9,13H2,1-2H3;1H. The van der Waals surface area contributed by atoms with Crippen LogP contribution in [0.15, 0.2) is 0 Å². The molecule has 0 aliphatic carbocycles. The molecule has 0 amide bonds. The molecule has 2 aliphatic heterocycles. The number of hydrogen-bond acceptors (Lipinski definition) is 3. The first kappa shape index (κ1) is 17.2. The lowest BCUT2D eigenvalue weighted by Gasteiger charge is -2.38. The van der Waals surface area contributed by atoms with Gasteiger partial charge in [-0.1, -0.05) is 13.8 Å². The minimum absolute atomic E-state index is 0. The first-order valence-corrected chi connectivity index (χ1v) is 8.31. The van der Waals surface area contributed by atoms with Gasteiger partial charge in [-0.25, -0.2) is 0 Å². The van der Waals surface area contributed by atoms with Crippen LogP contribution >= 0.6 is 12.4 Å². The zero-order valence-corrected chi connectivity index (χ0v) is 13.4. The van der Waals surface area contributed by atoms with E-state index >= 15 is 0 Å². The SMILES string of the molecule is CC1CCN(S(=O)(=O)N2CCC(N)C(C)C2)CC1.Cl. The molecule has 5 nitrogen and oxygen atoms in total. The van der Waals surface area contributed by atoms with Crippen LogP contribution < -0.4 is 5.73 Å². The van der Waals surface area contributed by atoms with Crippen molar-refractivity contribution in [1.29, 1.82) is 0 Å². The molecule has 0 aromatic carbocycles. The Bertz CT molecular complexity index is 382. The average Bonchev–Trinajstić information content (AvgIpc) is 2.33. The molecule has 2 N–H and O–H groups in total. The van der Waals surface area contributed by atoms with Gasteiger partial charge < -0.3 is 5.73 Å². The molecule has 0 aromatic heterocycles. The average molecular weight is 312 g/mol.